The van der Waals surface area contributed by atoms with Gasteiger partial charge in [0, 0.05) is 49.6 Å². The number of benzene rings is 3. The molecule has 13 atom stereocenters. The van der Waals surface area contributed by atoms with Crippen molar-refractivity contribution in [3.8, 4) is 11.5 Å². The number of imide groups is 1. The van der Waals surface area contributed by atoms with Crippen molar-refractivity contribution in [2.24, 2.45) is 11.7 Å². The number of rotatable bonds is 37. The third kappa shape index (κ3) is 24.5. The van der Waals surface area contributed by atoms with E-state index in [0.29, 0.717) is 58.7 Å². The zero-order valence-electron chi connectivity index (χ0n) is 62.7. The fourth-order valence-electron chi connectivity index (χ4n) is 12.8. The van der Waals surface area contributed by atoms with Gasteiger partial charge in [-0.1, -0.05) is 109 Å². The second-order valence-corrected chi connectivity index (χ2v) is 33.9. The van der Waals surface area contributed by atoms with Gasteiger partial charge >= 0.3 is 38.4 Å². The van der Waals surface area contributed by atoms with E-state index >= 15 is 13.3 Å². The summed E-state index contributed by atoms with van der Waals surface area (Å²) < 4.78 is 117. The van der Waals surface area contributed by atoms with E-state index in [1.165, 1.54) is 81.3 Å². The summed E-state index contributed by atoms with van der Waals surface area (Å²) in [6.07, 6.45) is -0.938. The number of alkyl halides is 2. The zero-order chi connectivity index (χ0) is 81.6. The summed E-state index contributed by atoms with van der Waals surface area (Å²) >= 11 is 4.66. The lowest BCUT2D eigenvalue weighted by Crippen LogP contribution is -2.55. The van der Waals surface area contributed by atoms with Gasteiger partial charge in [-0.2, -0.15) is 12.6 Å². The number of primary amides is 1. The number of nitrogens with zero attached hydrogens (tertiary/aromatic N) is 6. The Bertz CT molecular complexity index is 4550. The molecule has 3 aromatic carbocycles. The molecule has 0 saturated carbocycles. The first-order valence-corrected chi connectivity index (χ1v) is 42.6. The van der Waals surface area contributed by atoms with Gasteiger partial charge in [-0.15, -0.1) is 0 Å². The summed E-state index contributed by atoms with van der Waals surface area (Å²) in [5.41, 5.74) is 4.38. The molecule has 41 heteroatoms. The lowest BCUT2D eigenvalue weighted by Gasteiger charge is -2.29. The number of esters is 1. The number of phosphoric ester groups is 1. The number of hydrogen-bond donors (Lipinski definition) is 9. The van der Waals surface area contributed by atoms with E-state index in [4.69, 9.17) is 47.5 Å². The molecule has 0 spiro atoms. The molecule has 35 nitrogen and oxygen atoms in total. The Labute approximate surface area is 662 Å². The van der Waals surface area contributed by atoms with Gasteiger partial charge in [0.2, 0.25) is 29.5 Å². The first-order chi connectivity index (χ1) is 54.6. The number of nitrogens with one attached hydrogen (secondary N) is 6. The number of anilines is 2. The number of fused-ring (bicyclic) bond motifs is 3. The minimum atomic E-state index is -5.43. The van der Waals surface area contributed by atoms with Crippen LogP contribution in [0.4, 0.5) is 29.9 Å². The molecule has 10 rings (SSSR count). The maximum Gasteiger partial charge on any atom is 0.472 e. The maximum absolute atomic E-state index is 17.2. The van der Waals surface area contributed by atoms with Crippen LogP contribution >= 0.6 is 38.6 Å². The zero-order valence-corrected chi connectivity index (χ0v) is 66.2. The van der Waals surface area contributed by atoms with E-state index in [1.54, 1.807) is 50.2 Å². The molecule has 0 radical (unpaired) electrons. The molecular formula is C73H93F2N13O22P2S2. The average molecular weight is 1670 g/mol. The van der Waals surface area contributed by atoms with Crippen LogP contribution in [-0.2, 0) is 77.8 Å². The number of hydrogen-bond acceptors (Lipinski definition) is 26. The molecule has 0 aliphatic carbocycles. The number of ether oxygens (including phenoxy) is 5. The predicted octanol–water partition coefficient (Wildman–Crippen LogP) is 9.31. The van der Waals surface area contributed by atoms with Crippen molar-refractivity contribution in [2.45, 2.75) is 202 Å². The van der Waals surface area contributed by atoms with Gasteiger partial charge in [0.15, 0.2) is 41.8 Å². The fraction of sp³-hybridized carbons (Fsp3) is 0.521. The number of amides is 8. The summed E-state index contributed by atoms with van der Waals surface area (Å²) in [5.74, 6) is -3.25. The molecule has 618 valence electrons. The van der Waals surface area contributed by atoms with Crippen molar-refractivity contribution in [3.63, 3.8) is 0 Å². The second-order valence-electron chi connectivity index (χ2n) is 27.8. The van der Waals surface area contributed by atoms with Crippen molar-refractivity contribution in [2.75, 3.05) is 43.5 Å². The quantitative estimate of drug-likeness (QED) is 0.00438. The van der Waals surface area contributed by atoms with E-state index in [9.17, 15) is 57.4 Å². The lowest BCUT2D eigenvalue weighted by molar-refractivity contribution is -0.138. The van der Waals surface area contributed by atoms with Crippen LogP contribution in [0.3, 0.4) is 0 Å². The summed E-state index contributed by atoms with van der Waals surface area (Å²) in [6.45, 7) is -0.924. The minimum Gasteiger partial charge on any atom is -0.494 e. The molecule has 4 aliphatic heterocycles. The Balaban J connectivity index is 0.747. The normalized spacial score (nSPS) is 23.5. The third-order valence-corrected chi connectivity index (χ3v) is 24.0. The second kappa shape index (κ2) is 41.5. The number of halogens is 2. The molecule has 9 N–H and O–H groups in total. The van der Waals surface area contributed by atoms with E-state index in [1.807, 2.05) is 4.98 Å². The first-order valence-electron chi connectivity index (χ1n) is 37.5. The van der Waals surface area contributed by atoms with Gasteiger partial charge in [-0.3, -0.25) is 71.2 Å². The van der Waals surface area contributed by atoms with Gasteiger partial charge in [0.25, 0.3) is 5.56 Å². The Kier molecular flexibility index (Phi) is 31.8. The molecule has 114 heavy (non-hydrogen) atoms. The number of carbonyl (C=O) groups is 8. The number of urea groups is 1. The van der Waals surface area contributed by atoms with E-state index < -0.39 is 147 Å². The van der Waals surface area contributed by atoms with Crippen LogP contribution in [0.15, 0.2) is 107 Å². The summed E-state index contributed by atoms with van der Waals surface area (Å²) in [7, 11) is -5.43. The molecule has 8 amide bonds. The van der Waals surface area contributed by atoms with Gasteiger partial charge in [0.05, 0.1) is 37.0 Å². The summed E-state index contributed by atoms with van der Waals surface area (Å²) in [6, 6.07) is 16.3. The molecule has 0 bridgehead atoms. The number of imidazole rings is 1. The molecular weight excluding hydrogens is 1570 g/mol. The lowest BCUT2D eigenvalue weighted by atomic mass is 10.0. The fourth-order valence-corrected chi connectivity index (χ4v) is 17.4. The molecule has 4 aliphatic rings. The molecule has 4 fully saturated rings. The van der Waals surface area contributed by atoms with Crippen molar-refractivity contribution >= 4 is 109 Å². The Morgan fingerprint density at radius 3 is 2.04 bits per heavy atom. The Morgan fingerprint density at radius 2 is 1.39 bits per heavy atom. The number of thiol groups is 1. The summed E-state index contributed by atoms with van der Waals surface area (Å²) in [4.78, 5) is 155. The highest BCUT2D eigenvalue weighted by Crippen LogP contribution is 2.65. The molecule has 4 saturated heterocycles. The van der Waals surface area contributed by atoms with Gasteiger partial charge in [-0.05, 0) is 103 Å². The topological polar surface area (TPSA) is 462 Å². The summed E-state index contributed by atoms with van der Waals surface area (Å²) in [5, 5.41) is 12.2. The number of aromatic nitrogens is 6. The Morgan fingerprint density at radius 1 is 0.746 bits per heavy atom. The highest BCUT2D eigenvalue weighted by molar-refractivity contribution is 8.54. The highest BCUT2D eigenvalue weighted by Gasteiger charge is 2.55. The SMILES string of the molecule is CCCCCCCCCCCCOc1ccc(C(=O)Oc2ccc(CSP3(=O)OC[C@H]4O[C@@H](n5cnc6c(NC(=O)OCc7ccc(NC(=O)C(CCNC(N)=O)NC(=O)C(NC(=O)CCCCCN8C(=O)CC(S)C8=O)C(C)C)cc7)ncnc65)[C@H](F)[C@@H]4OP(=O)(O)OC[C@H]4O[C@@H](n5ccc(=O)[nH]c5=O)[C@H](F)[C@@H]4O3)cc2)cc1. The molecule has 5 unspecified atom stereocenters. The van der Waals surface area contributed by atoms with Crippen molar-refractivity contribution in [1.29, 1.82) is 0 Å². The smallest absolute Gasteiger partial charge is 0.472 e. The van der Waals surface area contributed by atoms with Crippen LogP contribution in [0.1, 0.15) is 157 Å². The number of unbranched alkanes of at least 4 members (excludes halogenated alkanes) is 11. The van der Waals surface area contributed by atoms with E-state index in [0.717, 1.165) is 53.6 Å². The van der Waals surface area contributed by atoms with Gasteiger partial charge < -0.3 is 55.6 Å². The van der Waals surface area contributed by atoms with Crippen LogP contribution in [0, 0.1) is 5.92 Å². The Hall–Kier alpha value is -9.01. The first kappa shape index (κ1) is 87.4. The average Bonchev–Trinajstić information content (AvgIpc) is 1.61. The predicted molar refractivity (Wildman–Crippen MR) is 412 cm³/mol. The number of H-pyrrole nitrogens is 1. The van der Waals surface area contributed by atoms with Gasteiger partial charge in [-0.25, -0.2) is 52.0 Å². The number of likely N-dealkylation sites (tertiary alicyclic amines) is 1. The molecule has 7 heterocycles. The number of carbonyl (C=O) groups excluding carboxylic acids is 8. The monoisotopic (exact) mass is 1670 g/mol. The van der Waals surface area contributed by atoms with Crippen molar-refractivity contribution in [3.05, 3.63) is 135 Å². The van der Waals surface area contributed by atoms with Crippen LogP contribution < -0.4 is 53.0 Å². The molecule has 6 aromatic rings. The van der Waals surface area contributed by atoms with Crippen molar-refractivity contribution in [1.82, 2.24) is 49.9 Å². The third-order valence-electron chi connectivity index (χ3n) is 18.9. The largest absolute Gasteiger partial charge is 0.494 e. The van der Waals surface area contributed by atoms with Gasteiger partial charge in [0.1, 0.15) is 60.9 Å². The van der Waals surface area contributed by atoms with Crippen molar-refractivity contribution < 1.29 is 103 Å². The van der Waals surface area contributed by atoms with E-state index in [-0.39, 0.29) is 90.5 Å². The number of phosphoric acid groups is 1. The standard InChI is InChI=1S/C73H93F2N13O22P2S2/c1-4-5-6-7-8-9-10-11-12-16-35-102-48-28-22-46(23-29-48)70(95)106-49-26-20-45(21-27-49)40-114-112(101)105-39-52-61(109-111(99,100)104-38-51-62(110-112)58(75)68(107-51)87-34-31-55(90)84-72(87)97)57(74)69(108-52)88-42-80-60-63(78-41-79-64(60)88)85-73(98)103-37-44-18-24-47(25-19-44)81-65(92)50(30-32-77-71(76)96)82-66(93)59(43(2)3)83-54(89)17-14-13-15-33-86-56(91)36-53(113)67(86)94/h18-29,31,34,41-43,50-53,57-59,61-62,68-69,113H,4-17,30,32-33,35-40H2,1-3H3,(H,81,92)(H,82,93)(H,83,89)(H,99,100)(H3,76,77,96)(H,84,90,97)(H,78,79,85,98)/t50?,51-,52-,53?,57-,58-,59?,61-,62-,68-,69-,112?/m1/s1. The van der Waals surface area contributed by atoms with Crippen LogP contribution in [0.5, 0.6) is 11.5 Å². The number of aromatic amines is 1. The molecule has 3 aromatic heterocycles. The van der Waals surface area contributed by atoms with Crippen LogP contribution in [0.2, 0.25) is 0 Å². The van der Waals surface area contributed by atoms with E-state index in [2.05, 4.69) is 61.1 Å². The highest BCUT2D eigenvalue weighted by atomic mass is 32.7. The minimum absolute atomic E-state index is 0.0377. The van der Waals surface area contributed by atoms with Crippen LogP contribution in [0.25, 0.3) is 11.2 Å². The number of nitrogens with two attached hydrogens (primary N) is 1. The maximum atomic E-state index is 17.2. The van der Waals surface area contributed by atoms with Crippen LogP contribution in [-0.4, -0.2) is 173 Å².